The van der Waals surface area contributed by atoms with Crippen molar-refractivity contribution in [3.8, 4) is 0 Å². The van der Waals surface area contributed by atoms with Crippen LogP contribution in [-0.4, -0.2) is 16.3 Å². The summed E-state index contributed by atoms with van der Waals surface area (Å²) in [4.78, 5) is 3.84. The summed E-state index contributed by atoms with van der Waals surface area (Å²) in [6.07, 6.45) is -1.73. The van der Waals surface area contributed by atoms with Gasteiger partial charge in [-0.2, -0.15) is 13.2 Å². The first-order valence-corrected chi connectivity index (χ1v) is 5.62. The van der Waals surface area contributed by atoms with Gasteiger partial charge < -0.3 is 9.52 Å². The van der Waals surface area contributed by atoms with Crippen molar-refractivity contribution in [3.05, 3.63) is 17.8 Å². The molecule has 0 unspecified atom stereocenters. The topological polar surface area (TPSA) is 46.3 Å². The highest BCUT2D eigenvalue weighted by atomic mass is 19.4. The maximum Gasteiger partial charge on any atom is 0.391 e. The molecule has 1 aliphatic rings. The second-order valence-electron chi connectivity index (χ2n) is 4.41. The molecular formula is C11H14F3NO2. The van der Waals surface area contributed by atoms with E-state index in [0.29, 0.717) is 24.3 Å². The van der Waals surface area contributed by atoms with E-state index in [4.69, 9.17) is 9.52 Å². The summed E-state index contributed by atoms with van der Waals surface area (Å²) in [5, 5.41) is 9.02. The molecule has 1 aromatic heterocycles. The van der Waals surface area contributed by atoms with Gasteiger partial charge in [0.15, 0.2) is 6.39 Å². The zero-order chi connectivity index (χ0) is 12.5. The minimum atomic E-state index is -4.09. The van der Waals surface area contributed by atoms with Gasteiger partial charge in [-0.3, -0.25) is 0 Å². The molecule has 3 nitrogen and oxygen atoms in total. The number of aliphatic hydroxyl groups is 1. The minimum Gasteiger partial charge on any atom is -0.448 e. The second kappa shape index (κ2) is 4.68. The molecule has 1 fully saturated rings. The summed E-state index contributed by atoms with van der Waals surface area (Å²) in [6.45, 7) is -0.231. The zero-order valence-electron chi connectivity index (χ0n) is 9.20. The summed E-state index contributed by atoms with van der Waals surface area (Å²) in [5.41, 5.74) is 0.445. The molecule has 1 aliphatic carbocycles. The smallest absolute Gasteiger partial charge is 0.391 e. The summed E-state index contributed by atoms with van der Waals surface area (Å²) in [6, 6.07) is 0. The van der Waals surface area contributed by atoms with E-state index in [9.17, 15) is 13.2 Å². The molecule has 0 saturated heterocycles. The first-order chi connectivity index (χ1) is 8.02. The molecule has 0 aliphatic heterocycles. The Morgan fingerprint density at radius 3 is 2.47 bits per heavy atom. The maximum atomic E-state index is 12.5. The molecule has 1 aromatic rings. The van der Waals surface area contributed by atoms with Crippen LogP contribution in [0.15, 0.2) is 10.8 Å². The van der Waals surface area contributed by atoms with Crippen LogP contribution in [-0.2, 0) is 6.61 Å². The van der Waals surface area contributed by atoms with Crippen molar-refractivity contribution >= 4 is 0 Å². The first kappa shape index (κ1) is 12.4. The normalized spacial score (nSPS) is 26.1. The molecule has 17 heavy (non-hydrogen) atoms. The highest BCUT2D eigenvalue weighted by Crippen LogP contribution is 2.43. The molecule has 0 spiro atoms. The molecule has 1 heterocycles. The van der Waals surface area contributed by atoms with Gasteiger partial charge in [-0.25, -0.2) is 4.98 Å². The van der Waals surface area contributed by atoms with Gasteiger partial charge in [-0.05, 0) is 25.7 Å². The molecule has 0 radical (unpaired) electrons. The van der Waals surface area contributed by atoms with Gasteiger partial charge in [0.1, 0.15) is 11.5 Å². The number of nitrogens with zero attached hydrogens (tertiary/aromatic N) is 1. The third kappa shape index (κ3) is 2.62. The van der Waals surface area contributed by atoms with Crippen molar-refractivity contribution in [2.45, 2.75) is 44.4 Å². The number of hydrogen-bond donors (Lipinski definition) is 1. The summed E-state index contributed by atoms with van der Waals surface area (Å²) < 4.78 is 42.6. The van der Waals surface area contributed by atoms with Crippen molar-refractivity contribution < 1.29 is 22.7 Å². The van der Waals surface area contributed by atoms with Crippen molar-refractivity contribution in [2.24, 2.45) is 5.92 Å². The van der Waals surface area contributed by atoms with Crippen LogP contribution in [0.2, 0.25) is 0 Å². The fourth-order valence-corrected chi connectivity index (χ4v) is 2.41. The van der Waals surface area contributed by atoms with Crippen LogP contribution in [0.5, 0.6) is 0 Å². The number of rotatable bonds is 2. The standard InChI is InChI=1S/C11H14F3NO2/c12-11(13,14)8-3-1-7(2-4-8)10-9(5-16)15-6-17-10/h6-8,16H,1-5H2. The average Bonchev–Trinajstić information content (AvgIpc) is 2.76. The molecule has 1 saturated carbocycles. The maximum absolute atomic E-state index is 12.5. The van der Waals surface area contributed by atoms with Crippen molar-refractivity contribution in [3.63, 3.8) is 0 Å². The van der Waals surface area contributed by atoms with E-state index in [0.717, 1.165) is 0 Å². The third-order valence-corrected chi connectivity index (χ3v) is 3.38. The lowest BCUT2D eigenvalue weighted by molar-refractivity contribution is -0.182. The van der Waals surface area contributed by atoms with Gasteiger partial charge in [-0.15, -0.1) is 0 Å². The lowest BCUT2D eigenvalue weighted by atomic mass is 9.80. The average molecular weight is 249 g/mol. The Hall–Kier alpha value is -1.04. The number of aliphatic hydroxyl groups excluding tert-OH is 1. The van der Waals surface area contributed by atoms with Gasteiger partial charge >= 0.3 is 6.18 Å². The molecular weight excluding hydrogens is 235 g/mol. The highest BCUT2D eigenvalue weighted by molar-refractivity contribution is 5.12. The van der Waals surface area contributed by atoms with Gasteiger partial charge in [-0.1, -0.05) is 0 Å². The van der Waals surface area contributed by atoms with E-state index in [2.05, 4.69) is 4.98 Å². The van der Waals surface area contributed by atoms with Crippen molar-refractivity contribution in [2.75, 3.05) is 0 Å². The fraction of sp³-hybridized carbons (Fsp3) is 0.727. The predicted molar refractivity (Wildman–Crippen MR) is 53.2 cm³/mol. The zero-order valence-corrected chi connectivity index (χ0v) is 9.20. The van der Waals surface area contributed by atoms with E-state index >= 15 is 0 Å². The summed E-state index contributed by atoms with van der Waals surface area (Å²) in [5.74, 6) is -0.689. The lowest BCUT2D eigenvalue weighted by Crippen LogP contribution is -2.27. The molecule has 96 valence electrons. The summed E-state index contributed by atoms with van der Waals surface area (Å²) in [7, 11) is 0. The van der Waals surface area contributed by atoms with Gasteiger partial charge in [0.2, 0.25) is 0 Å². The highest BCUT2D eigenvalue weighted by Gasteiger charge is 2.42. The Labute approximate surface area is 96.6 Å². The third-order valence-electron chi connectivity index (χ3n) is 3.38. The van der Waals surface area contributed by atoms with Crippen molar-refractivity contribution in [1.29, 1.82) is 0 Å². The Morgan fingerprint density at radius 1 is 1.29 bits per heavy atom. The molecule has 2 rings (SSSR count). The van der Waals surface area contributed by atoms with Crippen LogP contribution in [0.25, 0.3) is 0 Å². The second-order valence-corrected chi connectivity index (χ2v) is 4.41. The Morgan fingerprint density at radius 2 is 1.94 bits per heavy atom. The molecule has 0 aromatic carbocycles. The molecule has 0 amide bonds. The number of halogens is 3. The quantitative estimate of drug-likeness (QED) is 0.876. The van der Waals surface area contributed by atoms with E-state index < -0.39 is 12.1 Å². The monoisotopic (exact) mass is 249 g/mol. The predicted octanol–water partition coefficient (Wildman–Crippen LogP) is 3.00. The Balaban J connectivity index is 2.00. The SMILES string of the molecule is OCc1ncoc1C1CCC(C(F)(F)F)CC1. The molecule has 0 atom stereocenters. The van der Waals surface area contributed by atoms with Gasteiger partial charge in [0.25, 0.3) is 0 Å². The Bertz CT molecular complexity index is 367. The van der Waals surface area contributed by atoms with Crippen LogP contribution < -0.4 is 0 Å². The fourth-order valence-electron chi connectivity index (χ4n) is 2.41. The van der Waals surface area contributed by atoms with Crippen LogP contribution >= 0.6 is 0 Å². The van der Waals surface area contributed by atoms with Crippen LogP contribution in [0, 0.1) is 5.92 Å². The largest absolute Gasteiger partial charge is 0.448 e. The van der Waals surface area contributed by atoms with E-state index in [1.807, 2.05) is 0 Å². The van der Waals surface area contributed by atoms with Gasteiger partial charge in [0.05, 0.1) is 12.5 Å². The van der Waals surface area contributed by atoms with Crippen LogP contribution in [0.3, 0.4) is 0 Å². The van der Waals surface area contributed by atoms with E-state index in [-0.39, 0.29) is 25.4 Å². The van der Waals surface area contributed by atoms with Crippen molar-refractivity contribution in [1.82, 2.24) is 4.98 Å². The van der Waals surface area contributed by atoms with E-state index in [1.165, 1.54) is 6.39 Å². The molecule has 1 N–H and O–H groups in total. The minimum absolute atomic E-state index is 0.0433. The van der Waals surface area contributed by atoms with Crippen LogP contribution in [0.4, 0.5) is 13.2 Å². The van der Waals surface area contributed by atoms with Gasteiger partial charge in [0, 0.05) is 5.92 Å². The number of oxazole rings is 1. The lowest BCUT2D eigenvalue weighted by Gasteiger charge is -2.28. The number of alkyl halides is 3. The Kier molecular flexibility index (Phi) is 3.42. The molecule has 6 heteroatoms. The number of aromatic nitrogens is 1. The first-order valence-electron chi connectivity index (χ1n) is 5.62. The molecule has 0 bridgehead atoms. The number of hydrogen-bond acceptors (Lipinski definition) is 3. The van der Waals surface area contributed by atoms with Crippen LogP contribution in [0.1, 0.15) is 43.1 Å². The van der Waals surface area contributed by atoms with E-state index in [1.54, 1.807) is 0 Å². The summed E-state index contributed by atoms with van der Waals surface area (Å²) >= 11 is 0.